The van der Waals surface area contributed by atoms with E-state index in [2.05, 4.69) is 25.9 Å². The number of amides is 4. The van der Waals surface area contributed by atoms with E-state index in [0.29, 0.717) is 5.69 Å². The molecule has 14 heteroatoms. The molecule has 0 spiro atoms. The number of primary amides is 1. The Balaban J connectivity index is 2.96. The lowest BCUT2D eigenvalue weighted by molar-refractivity contribution is -0.138. The number of H-pyrrole nitrogens is 1. The van der Waals surface area contributed by atoms with Crippen LogP contribution in [0.2, 0.25) is 0 Å². The molecule has 14 nitrogen and oxygen atoms in total. The number of aliphatic hydroxyl groups is 1. The van der Waals surface area contributed by atoms with Gasteiger partial charge in [0.2, 0.25) is 23.6 Å². The second kappa shape index (κ2) is 11.5. The lowest BCUT2D eigenvalue weighted by Crippen LogP contribution is -2.58. The molecule has 0 aromatic carbocycles. The molecule has 4 amide bonds. The normalized spacial score (nSPS) is 14.6. The molecule has 0 fully saturated rings. The van der Waals surface area contributed by atoms with Crippen LogP contribution in [0.4, 0.5) is 0 Å². The number of rotatable bonds is 12. The molecule has 0 aliphatic rings. The summed E-state index contributed by atoms with van der Waals surface area (Å²) in [5.74, 6) is -4.87. The molecule has 0 radical (unpaired) electrons. The van der Waals surface area contributed by atoms with Crippen molar-refractivity contribution in [3.63, 3.8) is 0 Å². The number of nitrogens with zero attached hydrogens (tertiary/aromatic N) is 1. The zero-order chi connectivity index (χ0) is 22.8. The fourth-order valence-corrected chi connectivity index (χ4v) is 2.28. The average molecular weight is 427 g/mol. The number of imidazole rings is 1. The smallest absolute Gasteiger partial charge is 0.322 e. The first kappa shape index (κ1) is 24.5. The van der Waals surface area contributed by atoms with Crippen molar-refractivity contribution in [1.29, 1.82) is 0 Å². The maximum atomic E-state index is 12.6. The van der Waals surface area contributed by atoms with E-state index in [1.54, 1.807) is 0 Å². The van der Waals surface area contributed by atoms with Gasteiger partial charge in [-0.15, -0.1) is 0 Å². The molecule has 0 aliphatic carbocycles. The third kappa shape index (κ3) is 8.24. The molecule has 1 aromatic rings. The zero-order valence-corrected chi connectivity index (χ0v) is 16.1. The number of hydrogen-bond donors (Lipinski definition) is 8. The molecule has 0 saturated heterocycles. The van der Waals surface area contributed by atoms with Crippen molar-refractivity contribution in [2.45, 2.75) is 44.0 Å². The van der Waals surface area contributed by atoms with Gasteiger partial charge in [0.15, 0.2) is 0 Å². The first-order valence-corrected chi connectivity index (χ1v) is 8.80. The number of carbonyl (C=O) groups excluding carboxylic acids is 4. The van der Waals surface area contributed by atoms with Gasteiger partial charge in [0.25, 0.3) is 0 Å². The molecule has 0 saturated carbocycles. The Morgan fingerprint density at radius 2 is 1.77 bits per heavy atom. The largest absolute Gasteiger partial charge is 0.480 e. The summed E-state index contributed by atoms with van der Waals surface area (Å²) in [6.45, 7) is 0.583. The van der Waals surface area contributed by atoms with Gasteiger partial charge in [-0.2, -0.15) is 0 Å². The number of aliphatic carboxylic acids is 1. The molecule has 0 bridgehead atoms. The summed E-state index contributed by atoms with van der Waals surface area (Å²) in [4.78, 5) is 65.5. The minimum absolute atomic E-state index is 0.0817. The number of aromatic amines is 1. The fraction of sp³-hybridized carbons (Fsp3) is 0.500. The molecule has 4 atom stereocenters. The molecule has 1 heterocycles. The van der Waals surface area contributed by atoms with Crippen LogP contribution in [-0.2, 0) is 30.4 Å². The lowest BCUT2D eigenvalue weighted by atomic mass is 10.1. The highest BCUT2D eigenvalue weighted by Gasteiger charge is 2.30. The highest BCUT2D eigenvalue weighted by Crippen LogP contribution is 2.02. The molecule has 1 rings (SSSR count). The van der Waals surface area contributed by atoms with Crippen molar-refractivity contribution in [1.82, 2.24) is 25.9 Å². The summed E-state index contributed by atoms with van der Waals surface area (Å²) in [5.41, 5.74) is 11.1. The summed E-state index contributed by atoms with van der Waals surface area (Å²) in [7, 11) is 0. The number of carbonyl (C=O) groups is 5. The van der Waals surface area contributed by atoms with Crippen molar-refractivity contribution >= 4 is 29.6 Å². The number of aliphatic hydroxyl groups excluding tert-OH is 1. The molecule has 30 heavy (non-hydrogen) atoms. The topological polar surface area (TPSA) is 243 Å². The van der Waals surface area contributed by atoms with E-state index in [4.69, 9.17) is 16.6 Å². The van der Waals surface area contributed by atoms with E-state index < -0.39 is 66.8 Å². The molecular weight excluding hydrogens is 402 g/mol. The van der Waals surface area contributed by atoms with Crippen LogP contribution in [0, 0.1) is 0 Å². The second-order valence-corrected chi connectivity index (χ2v) is 6.45. The Labute approximate surface area is 170 Å². The Morgan fingerprint density at radius 3 is 2.27 bits per heavy atom. The van der Waals surface area contributed by atoms with Crippen LogP contribution in [0.3, 0.4) is 0 Å². The van der Waals surface area contributed by atoms with Crippen molar-refractivity contribution in [3.05, 3.63) is 18.2 Å². The molecular formula is C16H25N7O7. The van der Waals surface area contributed by atoms with Crippen molar-refractivity contribution < 1.29 is 34.2 Å². The van der Waals surface area contributed by atoms with Crippen LogP contribution in [0.25, 0.3) is 0 Å². The Morgan fingerprint density at radius 1 is 1.13 bits per heavy atom. The predicted octanol–water partition coefficient (Wildman–Crippen LogP) is -4.29. The third-order valence-electron chi connectivity index (χ3n) is 3.89. The number of hydrogen-bond acceptors (Lipinski definition) is 8. The monoisotopic (exact) mass is 427 g/mol. The van der Waals surface area contributed by atoms with Crippen LogP contribution in [-0.4, -0.2) is 80.6 Å². The minimum atomic E-state index is -1.48. The molecule has 0 aliphatic heterocycles. The standard InChI is InChI=1S/C16H25N7O7/c1-7(24)13(18)16(30)23-10(3-11(17)25)15(29)22-9(2-8-4-19-6-21-8)14(28)20-5-12(26)27/h4,6-7,9-10,13,24H,2-3,5,18H2,1H3,(H2,17,25)(H,19,21)(H,20,28)(H,22,29)(H,23,30)(H,26,27). The maximum Gasteiger partial charge on any atom is 0.322 e. The van der Waals surface area contributed by atoms with E-state index in [-0.39, 0.29) is 6.42 Å². The van der Waals surface area contributed by atoms with Gasteiger partial charge in [-0.3, -0.25) is 24.0 Å². The van der Waals surface area contributed by atoms with Gasteiger partial charge in [0, 0.05) is 18.3 Å². The number of nitrogens with one attached hydrogen (secondary N) is 4. The van der Waals surface area contributed by atoms with Gasteiger partial charge in [0.05, 0.1) is 18.9 Å². The highest BCUT2D eigenvalue weighted by molar-refractivity contribution is 5.96. The quantitative estimate of drug-likeness (QED) is 0.161. The molecule has 4 unspecified atom stereocenters. The number of nitrogens with two attached hydrogens (primary N) is 2. The van der Waals surface area contributed by atoms with E-state index in [0.717, 1.165) is 0 Å². The zero-order valence-electron chi connectivity index (χ0n) is 16.1. The van der Waals surface area contributed by atoms with Gasteiger partial charge in [-0.1, -0.05) is 0 Å². The van der Waals surface area contributed by atoms with Crippen LogP contribution >= 0.6 is 0 Å². The average Bonchev–Trinajstić information content (AvgIpc) is 3.16. The highest BCUT2D eigenvalue weighted by atomic mass is 16.4. The Hall–Kier alpha value is -3.52. The van der Waals surface area contributed by atoms with Gasteiger partial charge in [-0.25, -0.2) is 4.98 Å². The first-order chi connectivity index (χ1) is 14.0. The van der Waals surface area contributed by atoms with Crippen LogP contribution in [0.5, 0.6) is 0 Å². The predicted molar refractivity (Wildman–Crippen MR) is 100 cm³/mol. The molecule has 1 aromatic heterocycles. The minimum Gasteiger partial charge on any atom is -0.480 e. The first-order valence-electron chi connectivity index (χ1n) is 8.80. The fourth-order valence-electron chi connectivity index (χ4n) is 2.28. The Bertz CT molecular complexity index is 766. The summed E-state index contributed by atoms with van der Waals surface area (Å²) < 4.78 is 0. The van der Waals surface area contributed by atoms with Crippen LogP contribution in [0.15, 0.2) is 12.5 Å². The van der Waals surface area contributed by atoms with Crippen molar-refractivity contribution in [2.75, 3.05) is 6.54 Å². The van der Waals surface area contributed by atoms with Gasteiger partial charge in [0.1, 0.15) is 24.7 Å². The van der Waals surface area contributed by atoms with E-state index in [1.165, 1.54) is 19.4 Å². The van der Waals surface area contributed by atoms with Crippen LogP contribution in [0.1, 0.15) is 19.0 Å². The van der Waals surface area contributed by atoms with Gasteiger partial charge < -0.3 is 42.6 Å². The number of carboxylic acids is 1. The summed E-state index contributed by atoms with van der Waals surface area (Å²) >= 11 is 0. The van der Waals surface area contributed by atoms with E-state index in [9.17, 15) is 29.1 Å². The SMILES string of the molecule is CC(O)C(N)C(=O)NC(CC(N)=O)C(=O)NC(Cc1cnc[nH]1)C(=O)NCC(=O)O. The summed E-state index contributed by atoms with van der Waals surface area (Å²) in [6.07, 6.45) is 0.835. The van der Waals surface area contributed by atoms with Crippen LogP contribution < -0.4 is 27.4 Å². The van der Waals surface area contributed by atoms with Crippen molar-refractivity contribution in [3.8, 4) is 0 Å². The number of carboxylic acid groups (broad SMARTS) is 1. The van der Waals surface area contributed by atoms with E-state index in [1.807, 2.05) is 0 Å². The maximum absolute atomic E-state index is 12.6. The summed E-state index contributed by atoms with van der Waals surface area (Å²) in [6, 6.07) is -4.10. The molecule has 166 valence electrons. The van der Waals surface area contributed by atoms with Gasteiger partial charge in [-0.05, 0) is 6.92 Å². The second-order valence-electron chi connectivity index (χ2n) is 6.45. The van der Waals surface area contributed by atoms with E-state index >= 15 is 0 Å². The lowest BCUT2D eigenvalue weighted by Gasteiger charge is -2.23. The number of aromatic nitrogens is 2. The third-order valence-corrected chi connectivity index (χ3v) is 3.89. The Kier molecular flexibility index (Phi) is 9.38. The van der Waals surface area contributed by atoms with Gasteiger partial charge >= 0.3 is 5.97 Å². The van der Waals surface area contributed by atoms with Crippen molar-refractivity contribution in [2.24, 2.45) is 11.5 Å². The molecule has 10 N–H and O–H groups in total. The summed E-state index contributed by atoms with van der Waals surface area (Å²) in [5, 5.41) is 24.8.